The van der Waals surface area contributed by atoms with Crippen molar-refractivity contribution in [1.29, 1.82) is 0 Å². The van der Waals surface area contributed by atoms with E-state index in [0.29, 0.717) is 22.2 Å². The largest absolute Gasteiger partial charge is 0.493 e. The average molecular weight is 431 g/mol. The lowest BCUT2D eigenvalue weighted by Gasteiger charge is -2.18. The standard InChI is InChI=1S/C24H26N6O2/c1-13-10-14(2)28-22(31)18(13)11-26-23(32)20-16(4)30(15(3)17-8-6-5-7-9-17)21-19(20)12-27-24(25)29-21/h5-10,12,15H,11H2,1-4H3,(H,26,32)(H,28,31)(H2,25,27,29). The zero-order valence-electron chi connectivity index (χ0n) is 18.5. The Morgan fingerprint density at radius 2 is 1.91 bits per heavy atom. The van der Waals surface area contributed by atoms with Gasteiger partial charge < -0.3 is 20.7 Å². The Hall–Kier alpha value is -3.94. The number of hydrogen-bond acceptors (Lipinski definition) is 6. The maximum absolute atomic E-state index is 13.3. The predicted octanol–water partition coefficient (Wildman–Crippen LogP) is 3.58. The molecule has 0 aliphatic heterocycles. The molecule has 0 spiro atoms. The maximum atomic E-state index is 13.3. The number of benzene rings is 1. The number of pyridine rings is 1. The fourth-order valence-electron chi connectivity index (χ4n) is 4.18. The molecule has 1 amide bonds. The lowest BCUT2D eigenvalue weighted by atomic mass is 10.1. The molecule has 1 unspecified atom stereocenters. The molecule has 1 atom stereocenters. The number of carbonyl (C=O) groups excluding carboxylic acids is 1. The van der Waals surface area contributed by atoms with Crippen LogP contribution in [0.1, 0.15) is 51.4 Å². The van der Waals surface area contributed by atoms with Crippen molar-refractivity contribution in [3.8, 4) is 5.88 Å². The second-order valence-electron chi connectivity index (χ2n) is 7.95. The van der Waals surface area contributed by atoms with E-state index < -0.39 is 0 Å². The minimum absolute atomic E-state index is 0.0675. The van der Waals surface area contributed by atoms with Crippen LogP contribution in [0.15, 0.2) is 42.6 Å². The Bertz CT molecular complexity index is 1290. The van der Waals surface area contributed by atoms with Crippen molar-refractivity contribution in [3.63, 3.8) is 0 Å². The number of aromatic nitrogens is 4. The molecule has 32 heavy (non-hydrogen) atoms. The van der Waals surface area contributed by atoms with Crippen molar-refractivity contribution < 1.29 is 9.90 Å². The van der Waals surface area contributed by atoms with Crippen LogP contribution in [0.4, 0.5) is 5.95 Å². The summed E-state index contributed by atoms with van der Waals surface area (Å²) in [5.41, 5.74) is 11.0. The number of hydrogen-bond donors (Lipinski definition) is 3. The van der Waals surface area contributed by atoms with Crippen LogP contribution in [0, 0.1) is 20.8 Å². The number of aromatic hydroxyl groups is 1. The van der Waals surface area contributed by atoms with Crippen LogP contribution in [0.25, 0.3) is 11.0 Å². The van der Waals surface area contributed by atoms with Gasteiger partial charge in [0.25, 0.3) is 5.91 Å². The number of amides is 1. The van der Waals surface area contributed by atoms with E-state index in [-0.39, 0.29) is 30.3 Å². The number of anilines is 1. The summed E-state index contributed by atoms with van der Waals surface area (Å²) in [6, 6.07) is 11.8. The van der Waals surface area contributed by atoms with E-state index in [9.17, 15) is 9.90 Å². The van der Waals surface area contributed by atoms with Gasteiger partial charge in [0, 0.05) is 29.7 Å². The smallest absolute Gasteiger partial charge is 0.254 e. The van der Waals surface area contributed by atoms with Crippen LogP contribution in [-0.2, 0) is 6.54 Å². The minimum Gasteiger partial charge on any atom is -0.493 e. The Kier molecular flexibility index (Phi) is 5.52. The molecule has 0 radical (unpaired) electrons. The fraction of sp³-hybridized carbons (Fsp3) is 0.250. The van der Waals surface area contributed by atoms with Crippen LogP contribution in [-0.4, -0.2) is 30.5 Å². The van der Waals surface area contributed by atoms with E-state index in [4.69, 9.17) is 5.73 Å². The third kappa shape index (κ3) is 3.75. The van der Waals surface area contributed by atoms with E-state index in [2.05, 4.69) is 27.2 Å². The Morgan fingerprint density at radius 1 is 1.19 bits per heavy atom. The topological polar surface area (TPSA) is 119 Å². The fourth-order valence-corrected chi connectivity index (χ4v) is 4.18. The highest BCUT2D eigenvalue weighted by Crippen LogP contribution is 2.31. The molecule has 0 fully saturated rings. The molecule has 164 valence electrons. The first-order chi connectivity index (χ1) is 15.3. The second-order valence-corrected chi connectivity index (χ2v) is 7.95. The summed E-state index contributed by atoms with van der Waals surface area (Å²) in [5, 5.41) is 13.8. The summed E-state index contributed by atoms with van der Waals surface area (Å²) < 4.78 is 2.01. The van der Waals surface area contributed by atoms with Gasteiger partial charge in [0.05, 0.1) is 17.0 Å². The lowest BCUT2D eigenvalue weighted by molar-refractivity contribution is 0.0951. The molecule has 3 aromatic heterocycles. The first-order valence-corrected chi connectivity index (χ1v) is 10.4. The Balaban J connectivity index is 1.75. The zero-order chi connectivity index (χ0) is 23.0. The predicted molar refractivity (Wildman–Crippen MR) is 123 cm³/mol. The second kappa shape index (κ2) is 8.30. The van der Waals surface area contributed by atoms with Crippen molar-refractivity contribution in [3.05, 3.63) is 76.2 Å². The molecule has 1 aromatic carbocycles. The number of aryl methyl sites for hydroxylation is 2. The molecule has 8 heteroatoms. The molecule has 0 bridgehead atoms. The number of fused-ring (bicyclic) bond motifs is 1. The molecule has 4 aromatic rings. The van der Waals surface area contributed by atoms with Gasteiger partial charge in [-0.1, -0.05) is 30.3 Å². The van der Waals surface area contributed by atoms with E-state index in [0.717, 1.165) is 22.5 Å². The van der Waals surface area contributed by atoms with E-state index in [1.807, 2.05) is 61.7 Å². The van der Waals surface area contributed by atoms with Gasteiger partial charge in [-0.25, -0.2) is 9.97 Å². The van der Waals surface area contributed by atoms with Crippen molar-refractivity contribution in [1.82, 2.24) is 24.8 Å². The minimum atomic E-state index is -0.278. The van der Waals surface area contributed by atoms with E-state index in [1.54, 1.807) is 6.20 Å². The average Bonchev–Trinajstić information content (AvgIpc) is 3.03. The quantitative estimate of drug-likeness (QED) is 0.445. The van der Waals surface area contributed by atoms with E-state index in [1.165, 1.54) is 0 Å². The highest BCUT2D eigenvalue weighted by atomic mass is 16.3. The highest BCUT2D eigenvalue weighted by Gasteiger charge is 2.25. The van der Waals surface area contributed by atoms with Gasteiger partial charge in [-0.3, -0.25) is 4.79 Å². The first kappa shape index (κ1) is 21.3. The zero-order valence-corrected chi connectivity index (χ0v) is 18.5. The molecule has 0 saturated heterocycles. The Labute approximate surface area is 186 Å². The number of carbonyl (C=O) groups is 1. The summed E-state index contributed by atoms with van der Waals surface area (Å²) in [6.07, 6.45) is 1.59. The number of rotatable bonds is 5. The number of nitrogens with zero attached hydrogens (tertiary/aromatic N) is 4. The maximum Gasteiger partial charge on any atom is 0.254 e. The van der Waals surface area contributed by atoms with Gasteiger partial charge >= 0.3 is 0 Å². The van der Waals surface area contributed by atoms with Gasteiger partial charge in [0.2, 0.25) is 11.8 Å². The number of nitrogens with one attached hydrogen (secondary N) is 1. The Morgan fingerprint density at radius 3 is 2.59 bits per heavy atom. The van der Waals surface area contributed by atoms with Gasteiger partial charge in [-0.15, -0.1) is 0 Å². The van der Waals surface area contributed by atoms with Crippen LogP contribution < -0.4 is 11.1 Å². The summed E-state index contributed by atoms with van der Waals surface area (Å²) in [5.74, 6) is -0.204. The normalized spacial score (nSPS) is 12.1. The third-order valence-electron chi connectivity index (χ3n) is 5.78. The van der Waals surface area contributed by atoms with Gasteiger partial charge in [-0.05, 0) is 44.9 Å². The summed E-state index contributed by atoms with van der Waals surface area (Å²) in [6.45, 7) is 7.79. The summed E-state index contributed by atoms with van der Waals surface area (Å²) >= 11 is 0. The van der Waals surface area contributed by atoms with Gasteiger partial charge in [0.15, 0.2) is 0 Å². The van der Waals surface area contributed by atoms with Gasteiger partial charge in [0.1, 0.15) is 5.65 Å². The van der Waals surface area contributed by atoms with Crippen molar-refractivity contribution in [2.24, 2.45) is 0 Å². The molecular formula is C24H26N6O2. The lowest BCUT2D eigenvalue weighted by Crippen LogP contribution is -2.24. The molecule has 3 heterocycles. The SMILES string of the molecule is Cc1cc(C)c(CNC(=O)c2c(C)n(C(C)c3ccccc3)c3nc(N)ncc23)c(O)n1. The summed E-state index contributed by atoms with van der Waals surface area (Å²) in [7, 11) is 0. The third-order valence-corrected chi connectivity index (χ3v) is 5.78. The number of nitrogen functional groups attached to an aromatic ring is 1. The first-order valence-electron chi connectivity index (χ1n) is 10.4. The highest BCUT2D eigenvalue weighted by molar-refractivity contribution is 6.07. The van der Waals surface area contributed by atoms with Crippen LogP contribution in [0.2, 0.25) is 0 Å². The van der Waals surface area contributed by atoms with Gasteiger partial charge in [-0.2, -0.15) is 4.98 Å². The molecular weight excluding hydrogens is 404 g/mol. The molecule has 8 nitrogen and oxygen atoms in total. The molecule has 0 aliphatic rings. The molecule has 4 N–H and O–H groups in total. The van der Waals surface area contributed by atoms with E-state index >= 15 is 0 Å². The molecule has 0 saturated carbocycles. The van der Waals surface area contributed by atoms with Crippen molar-refractivity contribution in [2.75, 3.05) is 5.73 Å². The summed E-state index contributed by atoms with van der Waals surface area (Å²) in [4.78, 5) is 25.9. The van der Waals surface area contributed by atoms with Crippen molar-refractivity contribution in [2.45, 2.75) is 40.3 Å². The van der Waals surface area contributed by atoms with Crippen LogP contribution in [0.5, 0.6) is 5.88 Å². The van der Waals surface area contributed by atoms with Crippen LogP contribution in [0.3, 0.4) is 0 Å². The van der Waals surface area contributed by atoms with Crippen molar-refractivity contribution >= 4 is 22.9 Å². The van der Waals surface area contributed by atoms with Crippen LogP contribution >= 0.6 is 0 Å². The molecule has 0 aliphatic carbocycles. The monoisotopic (exact) mass is 430 g/mol. The number of nitrogens with two attached hydrogens (primary N) is 1. The molecule has 4 rings (SSSR count).